The molecule has 2 N–H and O–H groups in total. The van der Waals surface area contributed by atoms with Crippen molar-refractivity contribution in [3.8, 4) is 5.75 Å². The summed E-state index contributed by atoms with van der Waals surface area (Å²) >= 11 is 1.54. The summed E-state index contributed by atoms with van der Waals surface area (Å²) in [4.78, 5) is 21.2. The molecule has 4 fully saturated rings. The number of rotatable bonds is 4. The van der Waals surface area contributed by atoms with Crippen molar-refractivity contribution >= 4 is 22.4 Å². The van der Waals surface area contributed by atoms with E-state index in [1.54, 1.807) is 12.5 Å². The number of nitrogens with zero attached hydrogens (tertiary/aromatic N) is 3. The Hall–Kier alpha value is -2.12. The number of anilines is 1. The number of fused-ring (bicyclic) bond motifs is 2. The molecule has 0 spiro atoms. The third kappa shape index (κ3) is 2.72. The summed E-state index contributed by atoms with van der Waals surface area (Å²) in [5.41, 5.74) is 7.16. The van der Waals surface area contributed by atoms with Crippen LogP contribution in [-0.2, 0) is 0 Å². The molecule has 27 heavy (non-hydrogen) atoms. The Kier molecular flexibility index (Phi) is 4.09. The molecule has 0 saturated carbocycles. The third-order valence-corrected chi connectivity index (χ3v) is 7.41. The van der Waals surface area contributed by atoms with Crippen molar-refractivity contribution in [1.29, 1.82) is 0 Å². The van der Waals surface area contributed by atoms with Gasteiger partial charge in [-0.3, -0.25) is 9.69 Å². The molecule has 142 valence electrons. The average Bonchev–Trinajstić information content (AvgIpc) is 3.35. The van der Waals surface area contributed by atoms with Crippen LogP contribution in [0.25, 0.3) is 0 Å². The van der Waals surface area contributed by atoms with Gasteiger partial charge < -0.3 is 15.4 Å². The summed E-state index contributed by atoms with van der Waals surface area (Å²) in [6, 6.07) is 9.47. The number of primary amides is 1. The zero-order valence-electron chi connectivity index (χ0n) is 15.4. The molecule has 4 saturated heterocycles. The number of amides is 1. The molecule has 4 aliphatic heterocycles. The number of piperidine rings is 3. The van der Waals surface area contributed by atoms with E-state index in [2.05, 4.69) is 39.0 Å². The van der Waals surface area contributed by atoms with E-state index in [4.69, 9.17) is 10.5 Å². The summed E-state index contributed by atoms with van der Waals surface area (Å²) in [5, 5.41) is 2.72. The highest BCUT2D eigenvalue weighted by molar-refractivity contribution is 7.14. The first kappa shape index (κ1) is 17.0. The van der Waals surface area contributed by atoms with Crippen LogP contribution >= 0.6 is 11.3 Å². The topological polar surface area (TPSA) is 71.7 Å². The van der Waals surface area contributed by atoms with Gasteiger partial charge in [-0.1, -0.05) is 12.1 Å². The Morgan fingerprint density at radius 2 is 1.96 bits per heavy atom. The van der Waals surface area contributed by atoms with E-state index in [0.29, 0.717) is 29.6 Å². The van der Waals surface area contributed by atoms with Gasteiger partial charge in [0, 0.05) is 23.9 Å². The fourth-order valence-corrected chi connectivity index (χ4v) is 6.16. The minimum Gasteiger partial charge on any atom is -0.497 e. The van der Waals surface area contributed by atoms with Crippen LogP contribution in [-0.4, -0.2) is 54.6 Å². The Labute approximate surface area is 162 Å². The monoisotopic (exact) mass is 384 g/mol. The lowest BCUT2D eigenvalue weighted by atomic mass is 9.75. The molecule has 4 aliphatic rings. The van der Waals surface area contributed by atoms with Gasteiger partial charge in [-0.25, -0.2) is 4.98 Å². The SMILES string of the molecule is COc1ccc([C@@H]2CN(c3nc(C(N)=O)cs3)[C@@H]3C4CCN(CC4)[C@@H]32)cc1. The van der Waals surface area contributed by atoms with E-state index in [9.17, 15) is 4.79 Å². The molecule has 0 unspecified atom stereocenters. The van der Waals surface area contributed by atoms with Crippen molar-refractivity contribution in [2.24, 2.45) is 11.7 Å². The number of aromatic nitrogens is 1. The van der Waals surface area contributed by atoms with Gasteiger partial charge in [-0.15, -0.1) is 11.3 Å². The number of nitrogens with two attached hydrogens (primary N) is 1. The number of hydrogen-bond donors (Lipinski definition) is 1. The van der Waals surface area contributed by atoms with E-state index in [-0.39, 0.29) is 0 Å². The molecular formula is C20H24N4O2S. The van der Waals surface area contributed by atoms with Crippen LogP contribution in [0.1, 0.15) is 34.8 Å². The molecule has 0 radical (unpaired) electrons. The smallest absolute Gasteiger partial charge is 0.268 e. The molecule has 6 rings (SSSR count). The standard InChI is InChI=1S/C20H24N4O2S/c1-26-14-4-2-12(3-5-14)15-10-24(20-22-16(11-27-20)19(21)25)17-13-6-8-23(9-7-13)18(15)17/h2-5,11,13,15,17-18H,6-10H2,1H3,(H2,21,25)/t15-,17+,18+/m0/s1. The quantitative estimate of drug-likeness (QED) is 0.876. The van der Waals surface area contributed by atoms with Crippen molar-refractivity contribution in [1.82, 2.24) is 9.88 Å². The Morgan fingerprint density at radius 3 is 2.59 bits per heavy atom. The van der Waals surface area contributed by atoms with Crippen LogP contribution in [0, 0.1) is 5.92 Å². The lowest BCUT2D eigenvalue weighted by Crippen LogP contribution is -2.60. The lowest BCUT2D eigenvalue weighted by Gasteiger charge is -2.51. The summed E-state index contributed by atoms with van der Waals surface area (Å²) in [5.74, 6) is 1.57. The first-order chi connectivity index (χ1) is 13.2. The van der Waals surface area contributed by atoms with Crippen molar-refractivity contribution in [3.05, 3.63) is 40.9 Å². The minimum absolute atomic E-state index is 0.376. The van der Waals surface area contributed by atoms with E-state index < -0.39 is 5.91 Å². The molecule has 1 aromatic carbocycles. The average molecular weight is 385 g/mol. The zero-order chi connectivity index (χ0) is 18.5. The first-order valence-electron chi connectivity index (χ1n) is 9.55. The van der Waals surface area contributed by atoms with Crippen LogP contribution < -0.4 is 15.4 Å². The normalized spacial score (nSPS) is 31.7. The molecule has 2 aromatic rings. The molecular weight excluding hydrogens is 360 g/mol. The van der Waals surface area contributed by atoms with Crippen molar-refractivity contribution < 1.29 is 9.53 Å². The second kappa shape index (κ2) is 6.49. The van der Waals surface area contributed by atoms with Gasteiger partial charge in [0.15, 0.2) is 5.13 Å². The summed E-state index contributed by atoms with van der Waals surface area (Å²) in [6.07, 6.45) is 2.50. The highest BCUT2D eigenvalue weighted by Gasteiger charge is 2.54. The van der Waals surface area contributed by atoms with Gasteiger partial charge in [-0.05, 0) is 49.5 Å². The molecule has 3 atom stereocenters. The number of methoxy groups -OCH3 is 1. The molecule has 0 aliphatic carbocycles. The number of benzene rings is 1. The first-order valence-corrected chi connectivity index (χ1v) is 10.4. The second-order valence-corrected chi connectivity index (χ2v) is 8.60. The number of hydrogen-bond acceptors (Lipinski definition) is 6. The predicted molar refractivity (Wildman–Crippen MR) is 106 cm³/mol. The highest BCUT2D eigenvalue weighted by Crippen LogP contribution is 2.48. The summed E-state index contributed by atoms with van der Waals surface area (Å²) in [7, 11) is 1.70. The number of ether oxygens (including phenoxy) is 1. The summed E-state index contributed by atoms with van der Waals surface area (Å²) < 4.78 is 5.33. The molecule has 5 heterocycles. The largest absolute Gasteiger partial charge is 0.497 e. The third-order valence-electron chi connectivity index (χ3n) is 6.53. The van der Waals surface area contributed by atoms with Gasteiger partial charge in [0.25, 0.3) is 5.91 Å². The zero-order valence-corrected chi connectivity index (χ0v) is 16.2. The van der Waals surface area contributed by atoms with Gasteiger partial charge in [-0.2, -0.15) is 0 Å². The van der Waals surface area contributed by atoms with Gasteiger partial charge in [0.05, 0.1) is 13.2 Å². The van der Waals surface area contributed by atoms with Crippen LogP contribution in [0.5, 0.6) is 5.75 Å². The Morgan fingerprint density at radius 1 is 1.22 bits per heavy atom. The van der Waals surface area contributed by atoms with Crippen molar-refractivity contribution in [2.45, 2.75) is 30.8 Å². The predicted octanol–water partition coefficient (Wildman–Crippen LogP) is 2.32. The van der Waals surface area contributed by atoms with Gasteiger partial charge in [0.2, 0.25) is 0 Å². The second-order valence-electron chi connectivity index (χ2n) is 7.77. The summed E-state index contributed by atoms with van der Waals surface area (Å²) in [6.45, 7) is 3.31. The Bertz CT molecular complexity index is 844. The maximum Gasteiger partial charge on any atom is 0.268 e. The fraction of sp³-hybridized carbons (Fsp3) is 0.500. The van der Waals surface area contributed by atoms with Crippen LogP contribution in [0.2, 0.25) is 0 Å². The maximum atomic E-state index is 11.5. The maximum absolute atomic E-state index is 11.5. The van der Waals surface area contributed by atoms with E-state index in [1.807, 2.05) is 0 Å². The molecule has 2 bridgehead atoms. The number of thiazole rings is 1. The van der Waals surface area contributed by atoms with E-state index in [0.717, 1.165) is 17.4 Å². The molecule has 7 heteroatoms. The van der Waals surface area contributed by atoms with Crippen molar-refractivity contribution in [3.63, 3.8) is 0 Å². The van der Waals surface area contributed by atoms with E-state index >= 15 is 0 Å². The van der Waals surface area contributed by atoms with Gasteiger partial charge in [0.1, 0.15) is 11.4 Å². The van der Waals surface area contributed by atoms with Crippen LogP contribution in [0.15, 0.2) is 29.6 Å². The molecule has 1 amide bonds. The number of carbonyl (C=O) groups excluding carboxylic acids is 1. The highest BCUT2D eigenvalue weighted by atomic mass is 32.1. The fourth-order valence-electron chi connectivity index (χ4n) is 5.30. The van der Waals surface area contributed by atoms with E-state index in [1.165, 1.54) is 42.8 Å². The molecule has 1 aromatic heterocycles. The molecule has 6 nitrogen and oxygen atoms in total. The lowest BCUT2D eigenvalue weighted by molar-refractivity contribution is 0.0356. The van der Waals surface area contributed by atoms with Crippen molar-refractivity contribution in [2.75, 3.05) is 31.6 Å². The number of carbonyl (C=O) groups is 1. The van der Waals surface area contributed by atoms with Crippen LogP contribution in [0.3, 0.4) is 0 Å². The Balaban J connectivity index is 1.51. The minimum atomic E-state index is -0.450. The van der Waals surface area contributed by atoms with Crippen LogP contribution in [0.4, 0.5) is 5.13 Å². The van der Waals surface area contributed by atoms with Gasteiger partial charge >= 0.3 is 0 Å².